The summed E-state index contributed by atoms with van der Waals surface area (Å²) in [7, 11) is 3.35. The predicted octanol–water partition coefficient (Wildman–Crippen LogP) is 4.12. The lowest BCUT2D eigenvalue weighted by Gasteiger charge is -2.38. The average molecular weight is 415 g/mol. The van der Waals surface area contributed by atoms with E-state index in [1.807, 2.05) is 0 Å². The van der Waals surface area contributed by atoms with Crippen LogP contribution in [0, 0.1) is 0 Å². The highest BCUT2D eigenvalue weighted by molar-refractivity contribution is 7.10. The second-order valence-corrected chi connectivity index (χ2v) is 8.82. The Bertz CT molecular complexity index is 829. The largest absolute Gasteiger partial charge is 0.493 e. The van der Waals surface area contributed by atoms with Gasteiger partial charge in [0.25, 0.3) is 0 Å². The molecule has 29 heavy (non-hydrogen) atoms. The van der Waals surface area contributed by atoms with Gasteiger partial charge in [0.1, 0.15) is 0 Å². The predicted molar refractivity (Wildman–Crippen MR) is 116 cm³/mol. The molecule has 6 heteroatoms. The first-order chi connectivity index (χ1) is 14.2. The summed E-state index contributed by atoms with van der Waals surface area (Å²) >= 11 is 1.75. The zero-order valence-electron chi connectivity index (χ0n) is 17.4. The normalized spacial score (nSPS) is 20.1. The van der Waals surface area contributed by atoms with Gasteiger partial charge in [-0.25, -0.2) is 0 Å². The van der Waals surface area contributed by atoms with Crippen molar-refractivity contribution in [2.75, 3.05) is 40.4 Å². The summed E-state index contributed by atoms with van der Waals surface area (Å²) in [5, 5.41) is 2.11. The van der Waals surface area contributed by atoms with Crippen molar-refractivity contribution >= 4 is 17.2 Å². The number of amides is 1. The Morgan fingerprint density at radius 3 is 2.45 bits per heavy atom. The lowest BCUT2D eigenvalue weighted by atomic mass is 9.91. The van der Waals surface area contributed by atoms with Crippen molar-refractivity contribution in [1.29, 1.82) is 0 Å². The van der Waals surface area contributed by atoms with Crippen LogP contribution < -0.4 is 9.47 Å². The van der Waals surface area contributed by atoms with Crippen molar-refractivity contribution in [3.05, 3.63) is 45.6 Å². The van der Waals surface area contributed by atoms with E-state index in [0.717, 1.165) is 50.4 Å². The number of likely N-dealkylation sites (tertiary alicyclic amines) is 1. The second-order valence-electron chi connectivity index (χ2n) is 7.84. The van der Waals surface area contributed by atoms with Crippen LogP contribution >= 0.6 is 11.3 Å². The first-order valence-electron chi connectivity index (χ1n) is 10.5. The fourth-order valence-electron chi connectivity index (χ4n) is 4.54. The van der Waals surface area contributed by atoms with Crippen LogP contribution in [-0.4, -0.2) is 56.1 Å². The van der Waals surface area contributed by atoms with E-state index in [-0.39, 0.29) is 11.9 Å². The molecule has 5 nitrogen and oxygen atoms in total. The van der Waals surface area contributed by atoms with Gasteiger partial charge in [0, 0.05) is 24.5 Å². The van der Waals surface area contributed by atoms with Crippen LogP contribution in [0.2, 0.25) is 0 Å². The minimum absolute atomic E-state index is 0.0782. The first kappa shape index (κ1) is 20.2. The third-order valence-corrected chi connectivity index (χ3v) is 7.01. The molecule has 1 aromatic carbocycles. The topological polar surface area (TPSA) is 42.0 Å². The SMILES string of the molecule is COc1cc2c(cc1OC)C(c1cccs1)N(CC(=O)N1CCCCCC1)CC2. The Morgan fingerprint density at radius 2 is 1.79 bits per heavy atom. The highest BCUT2D eigenvalue weighted by atomic mass is 32.1. The summed E-state index contributed by atoms with van der Waals surface area (Å²) in [5.41, 5.74) is 2.50. The van der Waals surface area contributed by atoms with Gasteiger partial charge in [-0.15, -0.1) is 11.3 Å². The van der Waals surface area contributed by atoms with Crippen molar-refractivity contribution in [3.63, 3.8) is 0 Å². The van der Waals surface area contributed by atoms with E-state index in [1.54, 1.807) is 25.6 Å². The molecule has 1 atom stereocenters. The molecule has 0 bridgehead atoms. The van der Waals surface area contributed by atoms with Gasteiger partial charge in [-0.1, -0.05) is 18.9 Å². The fourth-order valence-corrected chi connectivity index (χ4v) is 5.42. The summed E-state index contributed by atoms with van der Waals surface area (Å²) in [6.45, 7) is 3.14. The standard InChI is InChI=1S/C23H30N2O3S/c1-27-19-14-17-9-12-25(16-22(26)24-10-5-3-4-6-11-24)23(21-8-7-13-29-21)18(17)15-20(19)28-2/h7-8,13-15,23H,3-6,9-12,16H2,1-2H3. The smallest absolute Gasteiger partial charge is 0.236 e. The zero-order valence-corrected chi connectivity index (χ0v) is 18.2. The summed E-state index contributed by atoms with van der Waals surface area (Å²) in [6, 6.07) is 8.53. The van der Waals surface area contributed by atoms with Crippen LogP contribution in [0.4, 0.5) is 0 Å². The van der Waals surface area contributed by atoms with Crippen LogP contribution in [0.1, 0.15) is 47.7 Å². The summed E-state index contributed by atoms with van der Waals surface area (Å²) in [5.74, 6) is 1.77. The molecule has 0 radical (unpaired) electrons. The van der Waals surface area contributed by atoms with Gasteiger partial charge in [-0.05, 0) is 54.0 Å². The Morgan fingerprint density at radius 1 is 1.07 bits per heavy atom. The number of thiophene rings is 1. The maximum atomic E-state index is 13.1. The number of carbonyl (C=O) groups excluding carboxylic acids is 1. The number of carbonyl (C=O) groups is 1. The molecule has 156 valence electrons. The monoisotopic (exact) mass is 414 g/mol. The zero-order chi connectivity index (χ0) is 20.2. The minimum Gasteiger partial charge on any atom is -0.493 e. The molecule has 1 unspecified atom stereocenters. The van der Waals surface area contributed by atoms with Gasteiger partial charge in [-0.2, -0.15) is 0 Å². The van der Waals surface area contributed by atoms with E-state index in [2.05, 4.69) is 39.4 Å². The number of fused-ring (bicyclic) bond motifs is 1. The molecule has 0 aliphatic carbocycles. The molecule has 2 aliphatic heterocycles. The molecule has 3 heterocycles. The number of hydrogen-bond acceptors (Lipinski definition) is 5. The Kier molecular flexibility index (Phi) is 6.40. The maximum absolute atomic E-state index is 13.1. The highest BCUT2D eigenvalue weighted by Crippen LogP contribution is 2.42. The third kappa shape index (κ3) is 4.28. The lowest BCUT2D eigenvalue weighted by molar-refractivity contribution is -0.132. The molecule has 1 saturated heterocycles. The van der Waals surface area contributed by atoms with E-state index in [4.69, 9.17) is 9.47 Å². The molecular weight excluding hydrogens is 384 g/mol. The van der Waals surface area contributed by atoms with Gasteiger partial charge >= 0.3 is 0 Å². The van der Waals surface area contributed by atoms with Crippen molar-refractivity contribution in [2.45, 2.75) is 38.1 Å². The summed E-state index contributed by atoms with van der Waals surface area (Å²) in [6.07, 6.45) is 5.63. The lowest BCUT2D eigenvalue weighted by Crippen LogP contribution is -2.44. The molecular formula is C23H30N2O3S. The Balaban J connectivity index is 1.64. The first-order valence-corrected chi connectivity index (χ1v) is 11.4. The highest BCUT2D eigenvalue weighted by Gasteiger charge is 2.33. The number of methoxy groups -OCH3 is 2. The average Bonchev–Trinajstić information content (AvgIpc) is 3.13. The van der Waals surface area contributed by atoms with E-state index < -0.39 is 0 Å². The summed E-state index contributed by atoms with van der Waals surface area (Å²) in [4.78, 5) is 18.8. The summed E-state index contributed by atoms with van der Waals surface area (Å²) < 4.78 is 11.1. The number of nitrogens with zero attached hydrogens (tertiary/aromatic N) is 2. The second kappa shape index (κ2) is 9.18. The quantitative estimate of drug-likeness (QED) is 0.738. The van der Waals surface area contributed by atoms with Crippen LogP contribution in [0.25, 0.3) is 0 Å². The molecule has 1 amide bonds. The van der Waals surface area contributed by atoms with E-state index in [0.29, 0.717) is 6.54 Å². The molecule has 0 spiro atoms. The maximum Gasteiger partial charge on any atom is 0.236 e. The molecule has 1 fully saturated rings. The number of benzene rings is 1. The number of rotatable bonds is 5. The number of hydrogen-bond donors (Lipinski definition) is 0. The Hall–Kier alpha value is -2.05. The van der Waals surface area contributed by atoms with Crippen LogP contribution in [0.15, 0.2) is 29.6 Å². The molecule has 1 aromatic heterocycles. The molecule has 4 rings (SSSR count). The van der Waals surface area contributed by atoms with Crippen molar-refractivity contribution in [3.8, 4) is 11.5 Å². The van der Waals surface area contributed by atoms with Crippen molar-refractivity contribution in [2.24, 2.45) is 0 Å². The number of ether oxygens (including phenoxy) is 2. The van der Waals surface area contributed by atoms with Gasteiger partial charge < -0.3 is 14.4 Å². The Labute approximate surface area is 177 Å². The van der Waals surface area contributed by atoms with E-state index in [9.17, 15) is 4.79 Å². The third-order valence-electron chi connectivity index (χ3n) is 6.08. The molecule has 2 aromatic rings. The van der Waals surface area contributed by atoms with Crippen molar-refractivity contribution in [1.82, 2.24) is 9.80 Å². The van der Waals surface area contributed by atoms with E-state index >= 15 is 0 Å². The van der Waals surface area contributed by atoms with Gasteiger partial charge in [0.2, 0.25) is 5.91 Å². The van der Waals surface area contributed by atoms with Gasteiger partial charge in [-0.3, -0.25) is 9.69 Å². The van der Waals surface area contributed by atoms with Crippen LogP contribution in [0.3, 0.4) is 0 Å². The van der Waals surface area contributed by atoms with Gasteiger partial charge in [0.05, 0.1) is 26.8 Å². The van der Waals surface area contributed by atoms with Crippen LogP contribution in [0.5, 0.6) is 11.5 Å². The minimum atomic E-state index is 0.0782. The van der Waals surface area contributed by atoms with Gasteiger partial charge in [0.15, 0.2) is 11.5 Å². The van der Waals surface area contributed by atoms with Crippen molar-refractivity contribution < 1.29 is 14.3 Å². The molecule has 2 aliphatic rings. The molecule has 0 N–H and O–H groups in total. The van der Waals surface area contributed by atoms with E-state index in [1.165, 1.54) is 28.8 Å². The fraction of sp³-hybridized carbons (Fsp3) is 0.522. The molecule has 0 saturated carbocycles. The van der Waals surface area contributed by atoms with Crippen LogP contribution in [-0.2, 0) is 11.2 Å².